The molecule has 1 atom stereocenters. The maximum Gasteiger partial charge on any atom is 0.311 e. The van der Waals surface area contributed by atoms with Crippen molar-refractivity contribution in [3.8, 4) is 17.2 Å². The molecule has 0 aliphatic carbocycles. The van der Waals surface area contributed by atoms with Gasteiger partial charge >= 0.3 is 11.9 Å². The molecule has 0 bridgehead atoms. The van der Waals surface area contributed by atoms with E-state index in [-0.39, 0.29) is 30.3 Å². The van der Waals surface area contributed by atoms with Crippen LogP contribution in [0.25, 0.3) is 0 Å². The van der Waals surface area contributed by atoms with Gasteiger partial charge in [-0.05, 0) is 36.2 Å². The maximum atomic E-state index is 12.1. The van der Waals surface area contributed by atoms with E-state index in [0.717, 1.165) is 0 Å². The van der Waals surface area contributed by atoms with Crippen LogP contribution in [0.3, 0.4) is 0 Å². The number of benzene rings is 2. The molecule has 0 aromatic heterocycles. The Morgan fingerprint density at radius 3 is 2.19 bits per heavy atom. The predicted molar refractivity (Wildman–Crippen MR) is 99.7 cm³/mol. The molecule has 5 nitrogen and oxygen atoms in total. The first kappa shape index (κ1) is 20.4. The summed E-state index contributed by atoms with van der Waals surface area (Å²) < 4.78 is 11.0. The topological polar surface area (TPSA) is 72.8 Å². The Labute approximate surface area is 165 Å². The van der Waals surface area contributed by atoms with Crippen molar-refractivity contribution in [3.05, 3.63) is 51.5 Å². The summed E-state index contributed by atoms with van der Waals surface area (Å²) in [5.41, 5.74) is 0. The van der Waals surface area contributed by atoms with Crippen LogP contribution in [0.15, 0.2) is 36.4 Å². The first-order valence-corrected chi connectivity index (χ1v) is 8.73. The normalized spacial score (nSPS) is 11.7. The van der Waals surface area contributed by atoms with Crippen molar-refractivity contribution in [2.24, 2.45) is 5.92 Å². The van der Waals surface area contributed by atoms with Gasteiger partial charge in [-0.2, -0.15) is 0 Å². The van der Waals surface area contributed by atoms with Crippen LogP contribution in [0.5, 0.6) is 17.2 Å². The molecule has 2 rings (SSSR count). The quantitative estimate of drug-likeness (QED) is 0.452. The molecule has 0 spiro atoms. The summed E-state index contributed by atoms with van der Waals surface area (Å²) in [6, 6.07) is 9.26. The van der Waals surface area contributed by atoms with Gasteiger partial charge in [-0.3, -0.25) is 9.59 Å². The number of halogens is 3. The molecule has 0 saturated carbocycles. The average Bonchev–Trinajstić information content (AvgIpc) is 2.51. The van der Waals surface area contributed by atoms with Crippen molar-refractivity contribution in [1.82, 2.24) is 0 Å². The minimum absolute atomic E-state index is 0.0556. The first-order chi connectivity index (χ1) is 12.2. The fourth-order valence-electron chi connectivity index (χ4n) is 2.14. The van der Waals surface area contributed by atoms with Gasteiger partial charge in [0.25, 0.3) is 0 Å². The van der Waals surface area contributed by atoms with Crippen LogP contribution < -0.4 is 9.47 Å². The molecule has 2 aromatic carbocycles. The SMILES string of the molecule is CC(CC(=O)O)CC(=O)Oc1cc(Cl)ccc1Oc1ccc(Cl)cc1Cl. The molecular weight excluding hydrogens is 403 g/mol. The number of ether oxygens (including phenoxy) is 2. The third-order valence-electron chi connectivity index (χ3n) is 3.28. The summed E-state index contributed by atoms with van der Waals surface area (Å²) in [5.74, 6) is -1.26. The van der Waals surface area contributed by atoms with Gasteiger partial charge in [0.2, 0.25) is 0 Å². The third kappa shape index (κ3) is 6.09. The fraction of sp³-hybridized carbons (Fsp3) is 0.222. The lowest BCUT2D eigenvalue weighted by Gasteiger charge is -2.14. The highest BCUT2D eigenvalue weighted by Gasteiger charge is 2.17. The van der Waals surface area contributed by atoms with E-state index in [4.69, 9.17) is 49.4 Å². The van der Waals surface area contributed by atoms with E-state index in [9.17, 15) is 9.59 Å². The second kappa shape index (κ2) is 9.12. The Balaban J connectivity index is 2.16. The highest BCUT2D eigenvalue weighted by atomic mass is 35.5. The summed E-state index contributed by atoms with van der Waals surface area (Å²) in [5, 5.41) is 9.86. The van der Waals surface area contributed by atoms with Crippen molar-refractivity contribution in [3.63, 3.8) is 0 Å². The average molecular weight is 418 g/mol. The van der Waals surface area contributed by atoms with E-state index < -0.39 is 11.9 Å². The number of carboxylic acids is 1. The van der Waals surface area contributed by atoms with E-state index in [0.29, 0.717) is 20.8 Å². The zero-order chi connectivity index (χ0) is 19.3. The van der Waals surface area contributed by atoms with E-state index in [1.807, 2.05) is 0 Å². The molecule has 138 valence electrons. The van der Waals surface area contributed by atoms with Gasteiger partial charge in [-0.1, -0.05) is 41.7 Å². The predicted octanol–water partition coefficient (Wildman–Crippen LogP) is 5.85. The van der Waals surface area contributed by atoms with E-state index in [2.05, 4.69) is 0 Å². The summed E-state index contributed by atoms with van der Waals surface area (Å²) in [6.07, 6.45) is -0.186. The lowest BCUT2D eigenvalue weighted by Crippen LogP contribution is -2.15. The Kier molecular flexibility index (Phi) is 7.14. The van der Waals surface area contributed by atoms with Crippen molar-refractivity contribution < 1.29 is 24.2 Å². The number of carbonyl (C=O) groups is 2. The third-order valence-corrected chi connectivity index (χ3v) is 4.05. The highest BCUT2D eigenvalue weighted by Crippen LogP contribution is 2.37. The summed E-state index contributed by atoms with van der Waals surface area (Å²) in [6.45, 7) is 1.65. The van der Waals surface area contributed by atoms with E-state index in [1.165, 1.54) is 18.2 Å². The van der Waals surface area contributed by atoms with Gasteiger partial charge in [0, 0.05) is 29.0 Å². The van der Waals surface area contributed by atoms with Gasteiger partial charge in [-0.15, -0.1) is 0 Å². The molecule has 0 aliphatic rings. The van der Waals surface area contributed by atoms with Crippen LogP contribution >= 0.6 is 34.8 Å². The van der Waals surface area contributed by atoms with Gasteiger partial charge < -0.3 is 14.6 Å². The van der Waals surface area contributed by atoms with Gasteiger partial charge in [0.15, 0.2) is 11.5 Å². The Hall–Kier alpha value is -1.95. The number of carbonyl (C=O) groups excluding carboxylic acids is 1. The molecule has 0 fully saturated rings. The molecule has 0 saturated heterocycles. The largest absolute Gasteiger partial charge is 0.481 e. The molecule has 1 unspecified atom stereocenters. The molecule has 8 heteroatoms. The molecule has 0 aliphatic heterocycles. The van der Waals surface area contributed by atoms with E-state index in [1.54, 1.807) is 25.1 Å². The van der Waals surface area contributed by atoms with Gasteiger partial charge in [0.1, 0.15) is 5.75 Å². The monoisotopic (exact) mass is 416 g/mol. The smallest absolute Gasteiger partial charge is 0.311 e. The Morgan fingerprint density at radius 2 is 1.58 bits per heavy atom. The summed E-state index contributed by atoms with van der Waals surface area (Å²) in [4.78, 5) is 22.8. The second-order valence-electron chi connectivity index (χ2n) is 5.65. The number of rotatable bonds is 7. The zero-order valence-corrected chi connectivity index (χ0v) is 15.9. The first-order valence-electron chi connectivity index (χ1n) is 7.59. The van der Waals surface area contributed by atoms with Gasteiger partial charge in [0.05, 0.1) is 5.02 Å². The van der Waals surface area contributed by atoms with E-state index >= 15 is 0 Å². The van der Waals surface area contributed by atoms with Crippen LogP contribution in [-0.2, 0) is 9.59 Å². The van der Waals surface area contributed by atoms with Crippen molar-refractivity contribution >= 4 is 46.7 Å². The number of hydrogen-bond acceptors (Lipinski definition) is 4. The lowest BCUT2D eigenvalue weighted by molar-refractivity contribution is -0.139. The van der Waals surface area contributed by atoms with Crippen molar-refractivity contribution in [2.45, 2.75) is 19.8 Å². The molecule has 2 aromatic rings. The standard InChI is InChI=1S/C18H15Cl3O5/c1-10(6-17(22)23)7-18(24)26-16-9-12(20)3-5-15(16)25-14-4-2-11(19)8-13(14)21/h2-5,8-10H,6-7H2,1H3,(H,22,23). The fourth-order valence-corrected chi connectivity index (χ4v) is 2.75. The molecule has 0 heterocycles. The van der Waals surface area contributed by atoms with Crippen molar-refractivity contribution in [2.75, 3.05) is 0 Å². The maximum absolute atomic E-state index is 12.1. The number of carboxylic acid groups (broad SMARTS) is 1. The summed E-state index contributed by atoms with van der Waals surface area (Å²) in [7, 11) is 0. The summed E-state index contributed by atoms with van der Waals surface area (Å²) >= 11 is 17.9. The van der Waals surface area contributed by atoms with Crippen LogP contribution in [0, 0.1) is 5.92 Å². The minimum atomic E-state index is -0.977. The highest BCUT2D eigenvalue weighted by molar-refractivity contribution is 6.35. The molecule has 26 heavy (non-hydrogen) atoms. The molecular formula is C18H15Cl3O5. The lowest BCUT2D eigenvalue weighted by atomic mass is 10.0. The number of aliphatic carboxylic acids is 1. The zero-order valence-electron chi connectivity index (χ0n) is 13.7. The van der Waals surface area contributed by atoms with Crippen LogP contribution in [-0.4, -0.2) is 17.0 Å². The number of hydrogen-bond donors (Lipinski definition) is 1. The second-order valence-corrected chi connectivity index (χ2v) is 6.93. The Bertz CT molecular complexity index is 822. The number of esters is 1. The van der Waals surface area contributed by atoms with Crippen LogP contribution in [0.4, 0.5) is 0 Å². The minimum Gasteiger partial charge on any atom is -0.481 e. The van der Waals surface area contributed by atoms with Gasteiger partial charge in [-0.25, -0.2) is 0 Å². The van der Waals surface area contributed by atoms with Crippen LogP contribution in [0.1, 0.15) is 19.8 Å². The van der Waals surface area contributed by atoms with Crippen LogP contribution in [0.2, 0.25) is 15.1 Å². The molecule has 0 radical (unpaired) electrons. The van der Waals surface area contributed by atoms with Crippen molar-refractivity contribution in [1.29, 1.82) is 0 Å². The Morgan fingerprint density at radius 1 is 0.962 bits per heavy atom. The molecule has 0 amide bonds. The molecule has 1 N–H and O–H groups in total.